The van der Waals surface area contributed by atoms with E-state index in [1.165, 1.54) is 0 Å². The molecule has 0 aliphatic heterocycles. The Kier molecular flexibility index (Phi) is 6.98. The van der Waals surface area contributed by atoms with Gasteiger partial charge in [0, 0.05) is 16.1 Å². The first-order chi connectivity index (χ1) is 14.1. The number of para-hydroxylation sites is 2. The maximum absolute atomic E-state index is 12.8. The summed E-state index contributed by atoms with van der Waals surface area (Å²) in [6.07, 6.45) is 0. The van der Waals surface area contributed by atoms with Crippen LogP contribution in [0.15, 0.2) is 66.7 Å². The van der Waals surface area contributed by atoms with Gasteiger partial charge in [0.1, 0.15) is 23.9 Å². The van der Waals surface area contributed by atoms with Gasteiger partial charge in [0.25, 0.3) is 5.91 Å². The molecule has 0 heterocycles. The van der Waals surface area contributed by atoms with Gasteiger partial charge in [-0.05, 0) is 55.5 Å². The summed E-state index contributed by atoms with van der Waals surface area (Å²) < 4.78 is 16.8. The molecule has 0 aliphatic carbocycles. The molecule has 0 bridgehead atoms. The summed E-state index contributed by atoms with van der Waals surface area (Å²) in [7, 11) is 1.58. The van der Waals surface area contributed by atoms with Crippen LogP contribution in [0.1, 0.15) is 22.8 Å². The summed E-state index contributed by atoms with van der Waals surface area (Å²) in [5.74, 6) is 1.66. The summed E-state index contributed by atoms with van der Waals surface area (Å²) in [5, 5.41) is 3.49. The molecule has 3 aromatic rings. The zero-order valence-corrected chi connectivity index (χ0v) is 17.0. The lowest BCUT2D eigenvalue weighted by atomic mass is 10.1. The molecule has 0 atom stereocenters. The number of amides is 1. The predicted molar refractivity (Wildman–Crippen MR) is 114 cm³/mol. The van der Waals surface area contributed by atoms with E-state index in [4.69, 9.17) is 25.8 Å². The molecule has 0 aliphatic rings. The summed E-state index contributed by atoms with van der Waals surface area (Å²) in [6.45, 7) is 2.65. The standard InChI is InChI=1S/C23H22ClNO4/c1-3-28-22-10-5-4-9-20(22)25-23(26)16-11-12-21(27-2)17(13-16)15-29-19-8-6-7-18(24)14-19/h4-14H,3,15H2,1-2H3,(H,25,26). The highest BCUT2D eigenvalue weighted by Crippen LogP contribution is 2.26. The number of carbonyl (C=O) groups excluding carboxylic acids is 1. The lowest BCUT2D eigenvalue weighted by Crippen LogP contribution is -2.14. The van der Waals surface area contributed by atoms with Crippen molar-refractivity contribution in [1.82, 2.24) is 0 Å². The number of halogens is 1. The number of nitrogens with one attached hydrogen (secondary N) is 1. The molecule has 3 aromatic carbocycles. The van der Waals surface area contributed by atoms with Crippen LogP contribution in [0, 0.1) is 0 Å². The van der Waals surface area contributed by atoms with Gasteiger partial charge in [-0.25, -0.2) is 0 Å². The molecular weight excluding hydrogens is 390 g/mol. The van der Waals surface area contributed by atoms with Crippen LogP contribution in [0.2, 0.25) is 5.02 Å². The van der Waals surface area contributed by atoms with Crippen molar-refractivity contribution in [1.29, 1.82) is 0 Å². The number of carbonyl (C=O) groups is 1. The molecule has 0 radical (unpaired) electrons. The molecule has 1 N–H and O–H groups in total. The minimum absolute atomic E-state index is 0.236. The van der Waals surface area contributed by atoms with Gasteiger partial charge < -0.3 is 19.5 Å². The number of hydrogen-bond acceptors (Lipinski definition) is 4. The minimum Gasteiger partial charge on any atom is -0.496 e. The average Bonchev–Trinajstić information content (AvgIpc) is 2.73. The second kappa shape index (κ2) is 9.85. The monoisotopic (exact) mass is 411 g/mol. The number of methoxy groups -OCH3 is 1. The highest BCUT2D eigenvalue weighted by molar-refractivity contribution is 6.30. The van der Waals surface area contributed by atoms with E-state index in [-0.39, 0.29) is 12.5 Å². The van der Waals surface area contributed by atoms with E-state index in [1.807, 2.05) is 37.3 Å². The zero-order valence-electron chi connectivity index (χ0n) is 16.3. The molecule has 0 spiro atoms. The van der Waals surface area contributed by atoms with Crippen molar-refractivity contribution >= 4 is 23.2 Å². The summed E-state index contributed by atoms with van der Waals surface area (Å²) in [5.41, 5.74) is 1.85. The fourth-order valence-corrected chi connectivity index (χ4v) is 2.98. The molecule has 0 saturated carbocycles. The van der Waals surface area contributed by atoms with Crippen LogP contribution in [-0.4, -0.2) is 19.6 Å². The Balaban J connectivity index is 1.78. The fourth-order valence-electron chi connectivity index (χ4n) is 2.80. The van der Waals surface area contributed by atoms with E-state index >= 15 is 0 Å². The molecule has 6 heteroatoms. The van der Waals surface area contributed by atoms with Crippen LogP contribution in [0.4, 0.5) is 5.69 Å². The number of rotatable bonds is 8. The number of ether oxygens (including phenoxy) is 3. The Labute approximate surface area is 175 Å². The molecule has 0 saturated heterocycles. The molecule has 0 fully saturated rings. The molecule has 1 amide bonds. The van der Waals surface area contributed by atoms with Crippen LogP contribution in [0.3, 0.4) is 0 Å². The van der Waals surface area contributed by atoms with Crippen molar-refractivity contribution in [3.8, 4) is 17.2 Å². The van der Waals surface area contributed by atoms with Crippen molar-refractivity contribution < 1.29 is 19.0 Å². The summed E-state index contributed by atoms with van der Waals surface area (Å²) in [4.78, 5) is 12.8. The normalized spacial score (nSPS) is 10.3. The molecule has 29 heavy (non-hydrogen) atoms. The van der Waals surface area contributed by atoms with E-state index in [1.54, 1.807) is 43.5 Å². The summed E-state index contributed by atoms with van der Waals surface area (Å²) in [6, 6.07) is 19.7. The summed E-state index contributed by atoms with van der Waals surface area (Å²) >= 11 is 6.00. The van der Waals surface area contributed by atoms with E-state index < -0.39 is 0 Å². The number of hydrogen-bond donors (Lipinski definition) is 1. The molecule has 3 rings (SSSR count). The second-order valence-electron chi connectivity index (χ2n) is 6.16. The van der Waals surface area contributed by atoms with Crippen molar-refractivity contribution in [2.24, 2.45) is 0 Å². The Morgan fingerprint density at radius 2 is 1.79 bits per heavy atom. The van der Waals surface area contributed by atoms with Gasteiger partial charge in [-0.15, -0.1) is 0 Å². The van der Waals surface area contributed by atoms with E-state index in [2.05, 4.69) is 5.32 Å². The van der Waals surface area contributed by atoms with Crippen LogP contribution in [-0.2, 0) is 6.61 Å². The van der Waals surface area contributed by atoms with Crippen molar-refractivity contribution in [2.45, 2.75) is 13.5 Å². The van der Waals surface area contributed by atoms with Gasteiger partial charge in [0.05, 0.1) is 19.4 Å². The Hall–Kier alpha value is -3.18. The molecule has 0 unspecified atom stereocenters. The minimum atomic E-state index is -0.246. The Morgan fingerprint density at radius 1 is 0.966 bits per heavy atom. The maximum atomic E-state index is 12.8. The van der Waals surface area contributed by atoms with Gasteiger partial charge in [-0.3, -0.25) is 4.79 Å². The lowest BCUT2D eigenvalue weighted by Gasteiger charge is -2.14. The van der Waals surface area contributed by atoms with Crippen molar-refractivity contribution in [3.63, 3.8) is 0 Å². The predicted octanol–water partition coefficient (Wildman–Crippen LogP) is 5.58. The first-order valence-corrected chi connectivity index (χ1v) is 9.57. The molecule has 0 aromatic heterocycles. The van der Waals surface area contributed by atoms with Gasteiger partial charge in [-0.1, -0.05) is 29.8 Å². The highest BCUT2D eigenvalue weighted by Gasteiger charge is 2.13. The van der Waals surface area contributed by atoms with Crippen LogP contribution < -0.4 is 19.5 Å². The van der Waals surface area contributed by atoms with E-state index in [0.717, 1.165) is 5.56 Å². The maximum Gasteiger partial charge on any atom is 0.255 e. The van der Waals surface area contributed by atoms with Gasteiger partial charge in [0.2, 0.25) is 0 Å². The fraction of sp³-hybridized carbons (Fsp3) is 0.174. The molecular formula is C23H22ClNO4. The van der Waals surface area contributed by atoms with Gasteiger partial charge >= 0.3 is 0 Å². The van der Waals surface area contributed by atoms with Crippen LogP contribution in [0.5, 0.6) is 17.2 Å². The second-order valence-corrected chi connectivity index (χ2v) is 6.59. The lowest BCUT2D eigenvalue weighted by molar-refractivity contribution is 0.102. The van der Waals surface area contributed by atoms with Crippen molar-refractivity contribution in [3.05, 3.63) is 82.9 Å². The largest absolute Gasteiger partial charge is 0.496 e. The third-order valence-electron chi connectivity index (χ3n) is 4.17. The molecule has 150 valence electrons. The smallest absolute Gasteiger partial charge is 0.255 e. The van der Waals surface area contributed by atoms with Gasteiger partial charge in [-0.2, -0.15) is 0 Å². The topological polar surface area (TPSA) is 56.8 Å². The Morgan fingerprint density at radius 3 is 2.55 bits per heavy atom. The average molecular weight is 412 g/mol. The molecule has 5 nitrogen and oxygen atoms in total. The third-order valence-corrected chi connectivity index (χ3v) is 4.40. The first kappa shape index (κ1) is 20.6. The van der Waals surface area contributed by atoms with E-state index in [0.29, 0.717) is 40.1 Å². The van der Waals surface area contributed by atoms with Crippen LogP contribution >= 0.6 is 11.6 Å². The van der Waals surface area contributed by atoms with Crippen LogP contribution in [0.25, 0.3) is 0 Å². The zero-order chi connectivity index (χ0) is 20.6. The quantitative estimate of drug-likeness (QED) is 0.525. The SMILES string of the molecule is CCOc1ccccc1NC(=O)c1ccc(OC)c(COc2cccc(Cl)c2)c1. The van der Waals surface area contributed by atoms with E-state index in [9.17, 15) is 4.79 Å². The number of anilines is 1. The third kappa shape index (κ3) is 5.42. The number of benzene rings is 3. The van der Waals surface area contributed by atoms with Crippen molar-refractivity contribution in [2.75, 3.05) is 19.0 Å². The van der Waals surface area contributed by atoms with Gasteiger partial charge in [0.15, 0.2) is 0 Å². The first-order valence-electron chi connectivity index (χ1n) is 9.19. The Bertz CT molecular complexity index is 990. The highest BCUT2D eigenvalue weighted by atomic mass is 35.5.